The van der Waals surface area contributed by atoms with E-state index in [0.29, 0.717) is 24.0 Å². The van der Waals surface area contributed by atoms with Crippen LogP contribution in [0.2, 0.25) is 0 Å². The molecule has 120 valence electrons. The van der Waals surface area contributed by atoms with Crippen LogP contribution in [0.1, 0.15) is 48.1 Å². The van der Waals surface area contributed by atoms with Crippen molar-refractivity contribution in [1.82, 2.24) is 14.3 Å². The summed E-state index contributed by atoms with van der Waals surface area (Å²) in [5.41, 5.74) is 0.750. The summed E-state index contributed by atoms with van der Waals surface area (Å²) in [7, 11) is 0. The molecule has 5 nitrogen and oxygen atoms in total. The van der Waals surface area contributed by atoms with Crippen LogP contribution < -0.4 is 5.56 Å². The second-order valence-corrected chi connectivity index (χ2v) is 6.88. The summed E-state index contributed by atoms with van der Waals surface area (Å²) in [6.45, 7) is 11.2. The molecule has 0 bridgehead atoms. The van der Waals surface area contributed by atoms with E-state index < -0.39 is 0 Å². The first-order valence-electron chi connectivity index (χ1n) is 7.67. The second-order valence-electron chi connectivity index (χ2n) is 5.70. The number of thiazole rings is 1. The van der Waals surface area contributed by atoms with Crippen LogP contribution >= 0.6 is 11.3 Å². The fourth-order valence-corrected chi connectivity index (χ4v) is 3.28. The van der Waals surface area contributed by atoms with Crippen LogP contribution in [0.5, 0.6) is 0 Å². The molecule has 2 heterocycles. The highest BCUT2D eigenvalue weighted by Crippen LogP contribution is 2.18. The van der Waals surface area contributed by atoms with E-state index in [1.54, 1.807) is 9.30 Å². The van der Waals surface area contributed by atoms with Gasteiger partial charge < -0.3 is 4.90 Å². The summed E-state index contributed by atoms with van der Waals surface area (Å²) in [6.07, 6.45) is 2.43. The highest BCUT2D eigenvalue weighted by molar-refractivity contribution is 7.17. The molecule has 1 atom stereocenters. The van der Waals surface area contributed by atoms with Gasteiger partial charge in [-0.3, -0.25) is 14.0 Å². The highest BCUT2D eigenvalue weighted by atomic mass is 32.1. The van der Waals surface area contributed by atoms with E-state index in [0.717, 1.165) is 17.0 Å². The van der Waals surface area contributed by atoms with Gasteiger partial charge in [0.1, 0.15) is 5.56 Å². The Morgan fingerprint density at radius 2 is 2.09 bits per heavy atom. The van der Waals surface area contributed by atoms with E-state index in [9.17, 15) is 9.59 Å². The summed E-state index contributed by atoms with van der Waals surface area (Å²) in [5, 5.41) is 0. The summed E-state index contributed by atoms with van der Waals surface area (Å²) in [5.74, 6) is 0.187. The van der Waals surface area contributed by atoms with E-state index in [1.807, 2.05) is 20.8 Å². The van der Waals surface area contributed by atoms with Gasteiger partial charge in [-0.15, -0.1) is 11.3 Å². The maximum Gasteiger partial charge on any atom is 0.271 e. The molecule has 0 N–H and O–H groups in total. The Kier molecular flexibility index (Phi) is 5.01. The molecule has 0 spiro atoms. The third kappa shape index (κ3) is 2.92. The lowest BCUT2D eigenvalue weighted by Gasteiger charge is -2.23. The Hall–Kier alpha value is -1.69. The molecule has 2 rings (SSSR count). The number of hydrogen-bond acceptors (Lipinski definition) is 4. The normalized spacial score (nSPS) is 12.6. The van der Waals surface area contributed by atoms with Gasteiger partial charge in [0.05, 0.1) is 0 Å². The van der Waals surface area contributed by atoms with Gasteiger partial charge in [0.15, 0.2) is 4.96 Å². The standard InChI is InChI=1S/C16H23N3O2S/c1-6-10(3)9-18(7-2)14(20)13-8-17-16-19(15(13)21)11(4)12(5)22-16/h8,10H,6-7,9H2,1-5H3/t10-/m0/s1. The van der Waals surface area contributed by atoms with E-state index in [1.165, 1.54) is 17.5 Å². The molecule has 0 fully saturated rings. The lowest BCUT2D eigenvalue weighted by atomic mass is 10.1. The number of hydrogen-bond donors (Lipinski definition) is 0. The summed E-state index contributed by atoms with van der Waals surface area (Å²) in [6, 6.07) is 0. The number of carbonyl (C=O) groups is 1. The van der Waals surface area contributed by atoms with Crippen molar-refractivity contribution < 1.29 is 4.79 Å². The zero-order valence-electron chi connectivity index (χ0n) is 13.8. The maximum absolute atomic E-state index is 12.7. The monoisotopic (exact) mass is 321 g/mol. The molecule has 0 aromatic carbocycles. The van der Waals surface area contributed by atoms with Crippen molar-refractivity contribution in [1.29, 1.82) is 0 Å². The first-order valence-corrected chi connectivity index (χ1v) is 8.49. The summed E-state index contributed by atoms with van der Waals surface area (Å²) < 4.78 is 1.55. The van der Waals surface area contributed by atoms with Gasteiger partial charge in [-0.2, -0.15) is 0 Å². The molecule has 0 saturated carbocycles. The molecule has 2 aromatic heterocycles. The van der Waals surface area contributed by atoms with Crippen molar-refractivity contribution in [2.75, 3.05) is 13.1 Å². The second kappa shape index (κ2) is 6.60. The predicted octanol–water partition coefficient (Wildman–Crippen LogP) is 2.88. The molecular weight excluding hydrogens is 298 g/mol. The molecule has 22 heavy (non-hydrogen) atoms. The van der Waals surface area contributed by atoms with Gasteiger partial charge >= 0.3 is 0 Å². The van der Waals surface area contributed by atoms with Gasteiger partial charge in [0.2, 0.25) is 0 Å². The van der Waals surface area contributed by atoms with Crippen molar-refractivity contribution in [2.24, 2.45) is 5.92 Å². The number of carbonyl (C=O) groups excluding carboxylic acids is 1. The molecule has 0 radical (unpaired) electrons. The van der Waals surface area contributed by atoms with Crippen molar-refractivity contribution >= 4 is 22.2 Å². The molecule has 2 aromatic rings. The Labute approximate surface area is 134 Å². The van der Waals surface area contributed by atoms with Crippen LogP contribution in [0, 0.1) is 19.8 Å². The number of aromatic nitrogens is 2. The van der Waals surface area contributed by atoms with Crippen LogP contribution in [-0.4, -0.2) is 33.3 Å². The average molecular weight is 321 g/mol. The molecule has 0 aliphatic carbocycles. The number of aryl methyl sites for hydroxylation is 2. The van der Waals surface area contributed by atoms with Gasteiger partial charge in [-0.25, -0.2) is 4.98 Å². The predicted molar refractivity (Wildman–Crippen MR) is 89.8 cm³/mol. The van der Waals surface area contributed by atoms with Crippen molar-refractivity contribution in [3.8, 4) is 0 Å². The third-order valence-corrected chi connectivity index (χ3v) is 5.22. The smallest absolute Gasteiger partial charge is 0.271 e. The lowest BCUT2D eigenvalue weighted by molar-refractivity contribution is 0.0738. The van der Waals surface area contributed by atoms with E-state index in [-0.39, 0.29) is 17.0 Å². The van der Waals surface area contributed by atoms with Gasteiger partial charge in [0.25, 0.3) is 11.5 Å². The van der Waals surface area contributed by atoms with E-state index in [4.69, 9.17) is 0 Å². The molecule has 0 aliphatic heterocycles. The Morgan fingerprint density at radius 3 is 2.68 bits per heavy atom. The fraction of sp³-hybridized carbons (Fsp3) is 0.562. The molecule has 6 heteroatoms. The zero-order chi connectivity index (χ0) is 16.4. The van der Waals surface area contributed by atoms with Crippen LogP contribution in [0.3, 0.4) is 0 Å². The van der Waals surface area contributed by atoms with Crippen molar-refractivity contribution in [2.45, 2.75) is 41.0 Å². The molecule has 0 unspecified atom stereocenters. The van der Waals surface area contributed by atoms with Gasteiger partial charge in [-0.1, -0.05) is 20.3 Å². The number of rotatable bonds is 5. The van der Waals surface area contributed by atoms with Crippen molar-refractivity contribution in [3.63, 3.8) is 0 Å². The summed E-state index contributed by atoms with van der Waals surface area (Å²) >= 11 is 1.47. The number of amides is 1. The number of fused-ring (bicyclic) bond motifs is 1. The van der Waals surface area contributed by atoms with E-state index in [2.05, 4.69) is 18.8 Å². The van der Waals surface area contributed by atoms with Crippen molar-refractivity contribution in [3.05, 3.63) is 32.7 Å². The lowest BCUT2D eigenvalue weighted by Crippen LogP contribution is -2.38. The minimum atomic E-state index is -0.264. The topological polar surface area (TPSA) is 54.7 Å². The third-order valence-electron chi connectivity index (χ3n) is 4.15. The van der Waals surface area contributed by atoms with Crippen LogP contribution in [-0.2, 0) is 0 Å². The molecule has 1 amide bonds. The van der Waals surface area contributed by atoms with E-state index >= 15 is 0 Å². The van der Waals surface area contributed by atoms with Crippen LogP contribution in [0.4, 0.5) is 0 Å². The molecular formula is C16H23N3O2S. The minimum absolute atomic E-state index is 0.156. The maximum atomic E-state index is 12.7. The Bertz CT molecular complexity index is 748. The molecule has 0 aliphatic rings. The minimum Gasteiger partial charge on any atom is -0.338 e. The average Bonchev–Trinajstić information content (AvgIpc) is 2.80. The first kappa shape index (κ1) is 16.7. The van der Waals surface area contributed by atoms with Gasteiger partial charge in [-0.05, 0) is 26.7 Å². The summed E-state index contributed by atoms with van der Waals surface area (Å²) in [4.78, 5) is 33.1. The Morgan fingerprint density at radius 1 is 1.41 bits per heavy atom. The zero-order valence-corrected chi connectivity index (χ0v) is 14.7. The largest absolute Gasteiger partial charge is 0.338 e. The quantitative estimate of drug-likeness (QED) is 0.851. The van der Waals surface area contributed by atoms with Crippen LogP contribution in [0.15, 0.2) is 11.0 Å². The first-order chi connectivity index (χ1) is 10.4. The van der Waals surface area contributed by atoms with Gasteiger partial charge in [0, 0.05) is 29.9 Å². The highest BCUT2D eigenvalue weighted by Gasteiger charge is 2.21. The fourth-order valence-electron chi connectivity index (χ4n) is 2.35. The molecule has 0 saturated heterocycles. The van der Waals surface area contributed by atoms with Crippen LogP contribution in [0.25, 0.3) is 4.96 Å². The number of nitrogens with zero attached hydrogens (tertiary/aromatic N) is 3. The SMILES string of the molecule is CC[C@H](C)CN(CC)C(=O)c1cnc2sc(C)c(C)n2c1=O. The Balaban J connectivity index is 2.45.